The van der Waals surface area contributed by atoms with Crippen LogP contribution in [0.5, 0.6) is 0 Å². The molecule has 1 aromatic heterocycles. The SMILES string of the molecule is N#CC1(NC(=O)/C=C/c2cccc3cccnc23)CCCCC1. The minimum absolute atomic E-state index is 0.221. The third-order valence-electron chi connectivity index (χ3n) is 4.36. The van der Waals surface area contributed by atoms with E-state index in [1.165, 1.54) is 6.08 Å². The lowest BCUT2D eigenvalue weighted by molar-refractivity contribution is -0.118. The summed E-state index contributed by atoms with van der Waals surface area (Å²) in [5.41, 5.74) is 1.07. The van der Waals surface area contributed by atoms with Crippen LogP contribution >= 0.6 is 0 Å². The monoisotopic (exact) mass is 305 g/mol. The Bertz CT molecular complexity index is 777. The maximum atomic E-state index is 12.2. The van der Waals surface area contributed by atoms with Crippen LogP contribution in [0.25, 0.3) is 17.0 Å². The molecule has 1 aliphatic carbocycles. The summed E-state index contributed by atoms with van der Waals surface area (Å²) in [5, 5.41) is 13.3. The average molecular weight is 305 g/mol. The first kappa shape index (κ1) is 15.2. The van der Waals surface area contributed by atoms with Gasteiger partial charge in [-0.3, -0.25) is 9.78 Å². The number of carbonyl (C=O) groups is 1. The van der Waals surface area contributed by atoms with Crippen LogP contribution in [0.2, 0.25) is 0 Å². The number of hydrogen-bond acceptors (Lipinski definition) is 3. The molecule has 1 amide bonds. The zero-order chi connectivity index (χ0) is 16.1. The molecule has 0 bridgehead atoms. The van der Waals surface area contributed by atoms with Crippen LogP contribution in [0.3, 0.4) is 0 Å². The molecule has 0 saturated heterocycles. The maximum absolute atomic E-state index is 12.2. The number of amides is 1. The van der Waals surface area contributed by atoms with E-state index in [0.717, 1.165) is 48.6 Å². The average Bonchev–Trinajstić information content (AvgIpc) is 2.60. The van der Waals surface area contributed by atoms with E-state index >= 15 is 0 Å². The fraction of sp³-hybridized carbons (Fsp3) is 0.316. The quantitative estimate of drug-likeness (QED) is 0.881. The second-order valence-corrected chi connectivity index (χ2v) is 6.00. The minimum atomic E-state index is -0.698. The Kier molecular flexibility index (Phi) is 4.38. The molecule has 0 spiro atoms. The van der Waals surface area contributed by atoms with Crippen molar-refractivity contribution in [2.75, 3.05) is 0 Å². The number of pyridine rings is 1. The van der Waals surface area contributed by atoms with Crippen molar-refractivity contribution in [2.45, 2.75) is 37.6 Å². The first-order valence-electron chi connectivity index (χ1n) is 7.98. The summed E-state index contributed by atoms with van der Waals surface area (Å²) in [6.07, 6.45) is 9.59. The lowest BCUT2D eigenvalue weighted by Crippen LogP contribution is -2.48. The van der Waals surface area contributed by atoms with Gasteiger partial charge in [-0.25, -0.2) is 0 Å². The van der Waals surface area contributed by atoms with Gasteiger partial charge in [0.05, 0.1) is 11.6 Å². The molecular weight excluding hydrogens is 286 g/mol. The molecule has 0 radical (unpaired) electrons. The van der Waals surface area contributed by atoms with Gasteiger partial charge >= 0.3 is 0 Å². The van der Waals surface area contributed by atoms with Gasteiger partial charge in [-0.2, -0.15) is 5.26 Å². The summed E-state index contributed by atoms with van der Waals surface area (Å²) in [6, 6.07) is 12.0. The Hall–Kier alpha value is -2.67. The second kappa shape index (κ2) is 6.62. The molecule has 4 heteroatoms. The molecule has 1 N–H and O–H groups in total. The smallest absolute Gasteiger partial charge is 0.245 e. The van der Waals surface area contributed by atoms with Crippen molar-refractivity contribution in [3.05, 3.63) is 48.2 Å². The van der Waals surface area contributed by atoms with Gasteiger partial charge in [0.1, 0.15) is 5.54 Å². The third-order valence-corrected chi connectivity index (χ3v) is 4.36. The molecule has 1 aromatic carbocycles. The summed E-state index contributed by atoms with van der Waals surface area (Å²) >= 11 is 0. The zero-order valence-corrected chi connectivity index (χ0v) is 13.0. The molecule has 4 nitrogen and oxygen atoms in total. The number of aromatic nitrogens is 1. The molecule has 2 aromatic rings. The van der Waals surface area contributed by atoms with Crippen LogP contribution in [-0.4, -0.2) is 16.4 Å². The van der Waals surface area contributed by atoms with Gasteiger partial charge in [0, 0.05) is 23.2 Å². The molecule has 116 valence electrons. The predicted octanol–water partition coefficient (Wildman–Crippen LogP) is 3.59. The number of fused-ring (bicyclic) bond motifs is 1. The van der Waals surface area contributed by atoms with Crippen LogP contribution in [0.4, 0.5) is 0 Å². The summed E-state index contributed by atoms with van der Waals surface area (Å²) in [4.78, 5) is 16.6. The van der Waals surface area contributed by atoms with Crippen molar-refractivity contribution < 1.29 is 4.79 Å². The fourth-order valence-corrected chi connectivity index (χ4v) is 3.13. The standard InChI is InChI=1S/C19H19N3O/c20-14-19(11-2-1-3-12-19)22-17(23)10-9-16-7-4-6-15-8-5-13-21-18(15)16/h4-10,13H,1-3,11-12H2,(H,22,23)/b10-9+. The first-order chi connectivity index (χ1) is 11.2. The van der Waals surface area contributed by atoms with Crippen LogP contribution in [-0.2, 0) is 4.79 Å². The molecule has 1 saturated carbocycles. The van der Waals surface area contributed by atoms with E-state index in [4.69, 9.17) is 0 Å². The Morgan fingerprint density at radius 1 is 1.22 bits per heavy atom. The van der Waals surface area contributed by atoms with Gasteiger partial charge in [-0.1, -0.05) is 43.5 Å². The number of hydrogen-bond donors (Lipinski definition) is 1. The second-order valence-electron chi connectivity index (χ2n) is 6.00. The molecule has 0 unspecified atom stereocenters. The van der Waals surface area contributed by atoms with E-state index in [1.54, 1.807) is 12.3 Å². The van der Waals surface area contributed by atoms with Crippen molar-refractivity contribution in [1.29, 1.82) is 5.26 Å². The Morgan fingerprint density at radius 2 is 2.00 bits per heavy atom. The van der Waals surface area contributed by atoms with Gasteiger partial charge in [-0.15, -0.1) is 0 Å². The van der Waals surface area contributed by atoms with Crippen LogP contribution in [0.15, 0.2) is 42.6 Å². The third kappa shape index (κ3) is 3.40. The van der Waals surface area contributed by atoms with Gasteiger partial charge in [-0.05, 0) is 25.0 Å². The number of nitrogens with one attached hydrogen (secondary N) is 1. The van der Waals surface area contributed by atoms with Crippen molar-refractivity contribution in [3.8, 4) is 6.07 Å². The van der Waals surface area contributed by atoms with E-state index in [9.17, 15) is 10.1 Å². The highest BCUT2D eigenvalue weighted by Gasteiger charge is 2.32. The molecule has 1 aliphatic rings. The van der Waals surface area contributed by atoms with E-state index in [2.05, 4.69) is 16.4 Å². The Morgan fingerprint density at radius 3 is 2.78 bits per heavy atom. The maximum Gasteiger partial charge on any atom is 0.245 e. The van der Waals surface area contributed by atoms with Crippen molar-refractivity contribution >= 4 is 22.9 Å². The molecular formula is C19H19N3O. The molecule has 0 atom stereocenters. The molecule has 1 fully saturated rings. The number of carbonyl (C=O) groups excluding carboxylic acids is 1. The topological polar surface area (TPSA) is 65.8 Å². The number of nitrogens with zero attached hydrogens (tertiary/aromatic N) is 2. The van der Waals surface area contributed by atoms with Gasteiger partial charge in [0.15, 0.2) is 0 Å². The van der Waals surface area contributed by atoms with Crippen molar-refractivity contribution in [3.63, 3.8) is 0 Å². The highest BCUT2D eigenvalue weighted by Crippen LogP contribution is 2.27. The number of rotatable bonds is 3. The molecule has 0 aliphatic heterocycles. The Balaban J connectivity index is 1.76. The van der Waals surface area contributed by atoms with Crippen LogP contribution in [0.1, 0.15) is 37.7 Å². The molecule has 23 heavy (non-hydrogen) atoms. The fourth-order valence-electron chi connectivity index (χ4n) is 3.13. The lowest BCUT2D eigenvalue weighted by Gasteiger charge is -2.31. The van der Waals surface area contributed by atoms with E-state index in [1.807, 2.05) is 30.3 Å². The van der Waals surface area contributed by atoms with E-state index < -0.39 is 5.54 Å². The largest absolute Gasteiger partial charge is 0.334 e. The summed E-state index contributed by atoms with van der Waals surface area (Å²) in [7, 11) is 0. The Labute approximate surface area is 135 Å². The number of para-hydroxylation sites is 1. The minimum Gasteiger partial charge on any atom is -0.334 e. The van der Waals surface area contributed by atoms with Crippen molar-refractivity contribution in [1.82, 2.24) is 10.3 Å². The van der Waals surface area contributed by atoms with Crippen molar-refractivity contribution in [2.24, 2.45) is 0 Å². The van der Waals surface area contributed by atoms with Crippen LogP contribution in [0, 0.1) is 11.3 Å². The van der Waals surface area contributed by atoms with Gasteiger partial charge in [0.25, 0.3) is 0 Å². The predicted molar refractivity (Wildman–Crippen MR) is 90.3 cm³/mol. The normalized spacial score (nSPS) is 17.0. The highest BCUT2D eigenvalue weighted by molar-refractivity contribution is 5.95. The number of nitriles is 1. The summed E-state index contributed by atoms with van der Waals surface area (Å²) < 4.78 is 0. The number of benzene rings is 1. The lowest BCUT2D eigenvalue weighted by atomic mass is 9.83. The van der Waals surface area contributed by atoms with Gasteiger partial charge < -0.3 is 5.32 Å². The van der Waals surface area contributed by atoms with E-state index in [0.29, 0.717) is 0 Å². The van der Waals surface area contributed by atoms with E-state index in [-0.39, 0.29) is 5.91 Å². The molecule has 3 rings (SSSR count). The van der Waals surface area contributed by atoms with Crippen LogP contribution < -0.4 is 5.32 Å². The summed E-state index contributed by atoms with van der Waals surface area (Å²) in [5.74, 6) is -0.221. The highest BCUT2D eigenvalue weighted by atomic mass is 16.1. The zero-order valence-electron chi connectivity index (χ0n) is 13.0. The first-order valence-corrected chi connectivity index (χ1v) is 7.98. The summed E-state index contributed by atoms with van der Waals surface area (Å²) in [6.45, 7) is 0. The van der Waals surface area contributed by atoms with Gasteiger partial charge in [0.2, 0.25) is 5.91 Å². The molecule has 1 heterocycles.